The highest BCUT2D eigenvalue weighted by Gasteiger charge is 2.19. The predicted molar refractivity (Wildman–Crippen MR) is 75.2 cm³/mol. The van der Waals surface area contributed by atoms with E-state index in [0.29, 0.717) is 5.82 Å². The van der Waals surface area contributed by atoms with Gasteiger partial charge < -0.3 is 10.0 Å². The molecule has 6 heteroatoms. The molecule has 1 aliphatic rings. The Labute approximate surface area is 117 Å². The zero-order valence-electron chi connectivity index (χ0n) is 11.0. The molecular formula is C13H18ClN3O2. The number of nitrogens with zero attached hydrogens (tertiary/aromatic N) is 3. The molecule has 0 unspecified atom stereocenters. The summed E-state index contributed by atoms with van der Waals surface area (Å²) in [5.41, 5.74) is 0.186. The molecule has 104 valence electrons. The maximum absolute atomic E-state index is 11.0. The molecule has 0 radical (unpaired) electrons. The monoisotopic (exact) mass is 283 g/mol. The summed E-state index contributed by atoms with van der Waals surface area (Å²) in [6.07, 6.45) is 1.15. The number of carboxylic acid groups (broad SMARTS) is 1. The third-order valence-electron chi connectivity index (χ3n) is 3.26. The van der Waals surface area contributed by atoms with E-state index in [0.717, 1.165) is 39.1 Å². The molecule has 2 rings (SSSR count). The summed E-state index contributed by atoms with van der Waals surface area (Å²) >= 11 is 5.88. The normalized spacial score (nSPS) is 16.6. The molecule has 1 aliphatic heterocycles. The van der Waals surface area contributed by atoms with Crippen molar-refractivity contribution in [1.82, 2.24) is 9.88 Å². The number of piperazine rings is 1. The van der Waals surface area contributed by atoms with E-state index in [9.17, 15) is 4.79 Å². The summed E-state index contributed by atoms with van der Waals surface area (Å²) in [5.74, 6) is -0.323. The summed E-state index contributed by atoms with van der Waals surface area (Å²) < 4.78 is 0. The lowest BCUT2D eigenvalue weighted by Crippen LogP contribution is -2.46. The van der Waals surface area contributed by atoms with Crippen LogP contribution in [0.15, 0.2) is 12.1 Å². The average Bonchev–Trinajstić information content (AvgIpc) is 2.39. The van der Waals surface area contributed by atoms with Crippen molar-refractivity contribution in [3.05, 3.63) is 22.8 Å². The highest BCUT2D eigenvalue weighted by molar-refractivity contribution is 6.29. The Morgan fingerprint density at radius 1 is 1.37 bits per heavy atom. The van der Waals surface area contributed by atoms with Crippen molar-refractivity contribution in [3.63, 3.8) is 0 Å². The van der Waals surface area contributed by atoms with Crippen LogP contribution in [-0.4, -0.2) is 53.7 Å². The first-order valence-corrected chi connectivity index (χ1v) is 6.86. The van der Waals surface area contributed by atoms with Gasteiger partial charge in [0.15, 0.2) is 0 Å². The van der Waals surface area contributed by atoms with Crippen LogP contribution in [0.1, 0.15) is 23.7 Å². The first-order chi connectivity index (χ1) is 9.10. The Morgan fingerprint density at radius 3 is 2.63 bits per heavy atom. The molecule has 0 aliphatic carbocycles. The van der Waals surface area contributed by atoms with E-state index in [1.165, 1.54) is 6.07 Å². The number of halogens is 1. The van der Waals surface area contributed by atoms with E-state index in [2.05, 4.69) is 21.7 Å². The minimum absolute atomic E-state index is 0.186. The van der Waals surface area contributed by atoms with E-state index in [4.69, 9.17) is 16.7 Å². The zero-order chi connectivity index (χ0) is 13.8. The number of aromatic nitrogens is 1. The van der Waals surface area contributed by atoms with Gasteiger partial charge in [0.1, 0.15) is 11.0 Å². The largest absolute Gasteiger partial charge is 0.478 e. The third-order valence-corrected chi connectivity index (χ3v) is 3.46. The molecule has 0 saturated carbocycles. The molecule has 5 nitrogen and oxygen atoms in total. The molecule has 1 aromatic rings. The second-order valence-corrected chi connectivity index (χ2v) is 5.06. The minimum Gasteiger partial charge on any atom is -0.478 e. The molecule has 0 aromatic carbocycles. The van der Waals surface area contributed by atoms with Crippen LogP contribution < -0.4 is 4.90 Å². The van der Waals surface area contributed by atoms with Crippen molar-refractivity contribution in [2.45, 2.75) is 13.3 Å². The number of hydrogen-bond acceptors (Lipinski definition) is 4. The summed E-state index contributed by atoms with van der Waals surface area (Å²) in [6, 6.07) is 2.96. The van der Waals surface area contributed by atoms with Gasteiger partial charge in [0.2, 0.25) is 0 Å². The molecule has 0 spiro atoms. The number of rotatable bonds is 4. The van der Waals surface area contributed by atoms with E-state index in [1.807, 2.05) is 0 Å². The van der Waals surface area contributed by atoms with Gasteiger partial charge in [-0.3, -0.25) is 4.90 Å². The second kappa shape index (κ2) is 6.21. The van der Waals surface area contributed by atoms with Crippen molar-refractivity contribution in [2.24, 2.45) is 0 Å². The van der Waals surface area contributed by atoms with Gasteiger partial charge in [-0.15, -0.1) is 0 Å². The lowest BCUT2D eigenvalue weighted by Gasteiger charge is -2.35. The molecule has 0 atom stereocenters. The molecule has 1 aromatic heterocycles. The highest BCUT2D eigenvalue weighted by atomic mass is 35.5. The van der Waals surface area contributed by atoms with Gasteiger partial charge in [-0.25, -0.2) is 9.78 Å². The molecule has 0 bridgehead atoms. The van der Waals surface area contributed by atoms with Crippen LogP contribution in [0, 0.1) is 0 Å². The standard InChI is InChI=1S/C13H18ClN3O2/c1-2-3-16-4-6-17(7-5-16)12-9-10(13(18)19)8-11(14)15-12/h8-9H,2-7H2,1H3,(H,18,19). The number of carboxylic acids is 1. The van der Waals surface area contributed by atoms with Crippen molar-refractivity contribution in [1.29, 1.82) is 0 Å². The number of carbonyl (C=O) groups is 1. The SMILES string of the molecule is CCCN1CCN(c2cc(C(=O)O)cc(Cl)n2)CC1. The number of hydrogen-bond donors (Lipinski definition) is 1. The van der Waals surface area contributed by atoms with Gasteiger partial charge >= 0.3 is 5.97 Å². The summed E-state index contributed by atoms with van der Waals surface area (Å²) in [6.45, 7) is 6.94. The molecule has 1 N–H and O–H groups in total. The minimum atomic E-state index is -0.977. The first-order valence-electron chi connectivity index (χ1n) is 6.48. The molecule has 1 saturated heterocycles. The molecule has 1 fully saturated rings. The number of pyridine rings is 1. The predicted octanol–water partition coefficient (Wildman–Crippen LogP) is 1.97. The van der Waals surface area contributed by atoms with Gasteiger partial charge in [0.25, 0.3) is 0 Å². The van der Waals surface area contributed by atoms with Crippen LogP contribution in [-0.2, 0) is 0 Å². The van der Waals surface area contributed by atoms with Gasteiger partial charge in [0, 0.05) is 26.2 Å². The maximum Gasteiger partial charge on any atom is 0.335 e. The number of aromatic carboxylic acids is 1. The van der Waals surface area contributed by atoms with Crippen molar-refractivity contribution < 1.29 is 9.90 Å². The Hall–Kier alpha value is -1.33. The molecular weight excluding hydrogens is 266 g/mol. The maximum atomic E-state index is 11.0. The third kappa shape index (κ3) is 3.58. The van der Waals surface area contributed by atoms with Crippen LogP contribution in [0.25, 0.3) is 0 Å². The molecule has 0 amide bonds. The van der Waals surface area contributed by atoms with Crippen molar-refractivity contribution >= 4 is 23.4 Å². The van der Waals surface area contributed by atoms with Crippen LogP contribution in [0.4, 0.5) is 5.82 Å². The topological polar surface area (TPSA) is 56.7 Å². The zero-order valence-corrected chi connectivity index (χ0v) is 11.7. The van der Waals surface area contributed by atoms with Crippen LogP contribution in [0.3, 0.4) is 0 Å². The molecule has 19 heavy (non-hydrogen) atoms. The average molecular weight is 284 g/mol. The van der Waals surface area contributed by atoms with Crippen LogP contribution >= 0.6 is 11.6 Å². The number of anilines is 1. The Kier molecular flexibility index (Phi) is 4.61. The van der Waals surface area contributed by atoms with Gasteiger partial charge in [-0.1, -0.05) is 18.5 Å². The fourth-order valence-corrected chi connectivity index (χ4v) is 2.49. The van der Waals surface area contributed by atoms with Gasteiger partial charge in [-0.2, -0.15) is 0 Å². The lowest BCUT2D eigenvalue weighted by atomic mass is 10.2. The van der Waals surface area contributed by atoms with Crippen molar-refractivity contribution in [3.8, 4) is 0 Å². The quantitative estimate of drug-likeness (QED) is 0.856. The summed E-state index contributed by atoms with van der Waals surface area (Å²) in [7, 11) is 0. The Morgan fingerprint density at radius 2 is 2.05 bits per heavy atom. The van der Waals surface area contributed by atoms with E-state index in [-0.39, 0.29) is 10.7 Å². The molecule has 2 heterocycles. The van der Waals surface area contributed by atoms with E-state index >= 15 is 0 Å². The van der Waals surface area contributed by atoms with Gasteiger partial charge in [-0.05, 0) is 25.1 Å². The van der Waals surface area contributed by atoms with Crippen molar-refractivity contribution in [2.75, 3.05) is 37.6 Å². The second-order valence-electron chi connectivity index (χ2n) is 4.67. The Balaban J connectivity index is 2.09. The van der Waals surface area contributed by atoms with E-state index in [1.54, 1.807) is 6.07 Å². The van der Waals surface area contributed by atoms with Gasteiger partial charge in [0.05, 0.1) is 5.56 Å². The fraction of sp³-hybridized carbons (Fsp3) is 0.538. The fourth-order valence-electron chi connectivity index (χ4n) is 2.29. The summed E-state index contributed by atoms with van der Waals surface area (Å²) in [5, 5.41) is 9.26. The van der Waals surface area contributed by atoms with Crippen LogP contribution in [0.5, 0.6) is 0 Å². The van der Waals surface area contributed by atoms with Crippen LogP contribution in [0.2, 0.25) is 5.15 Å². The van der Waals surface area contributed by atoms with E-state index < -0.39 is 5.97 Å². The smallest absolute Gasteiger partial charge is 0.335 e. The first kappa shape index (κ1) is 14.1. The Bertz CT molecular complexity index is 459. The highest BCUT2D eigenvalue weighted by Crippen LogP contribution is 2.19. The summed E-state index contributed by atoms with van der Waals surface area (Å²) in [4.78, 5) is 19.7. The lowest BCUT2D eigenvalue weighted by molar-refractivity contribution is 0.0696.